The predicted octanol–water partition coefficient (Wildman–Crippen LogP) is 5.54. The van der Waals surface area contributed by atoms with Crippen molar-refractivity contribution in [3.05, 3.63) is 42.2 Å². The maximum absolute atomic E-state index is 6.10. The second-order valence-corrected chi connectivity index (χ2v) is 6.68. The van der Waals surface area contributed by atoms with Crippen molar-refractivity contribution in [3.8, 4) is 11.4 Å². The molecule has 4 nitrogen and oxygen atoms in total. The van der Waals surface area contributed by atoms with E-state index >= 15 is 0 Å². The first kappa shape index (κ1) is 17.9. The van der Waals surface area contributed by atoms with Gasteiger partial charge in [0, 0.05) is 5.56 Å². The number of rotatable bonds is 6. The van der Waals surface area contributed by atoms with Crippen LogP contribution in [-0.4, -0.2) is 21.7 Å². The molecule has 1 aromatic heterocycles. The number of unbranched alkanes of at least 4 members (excludes halogenated alkanes) is 1. The molecule has 0 bridgehead atoms. The molecule has 1 fully saturated rings. The molecular formula is C20H23N3OS. The fourth-order valence-electron chi connectivity index (χ4n) is 3.22. The van der Waals surface area contributed by atoms with Crippen LogP contribution in [0.3, 0.4) is 0 Å². The van der Waals surface area contributed by atoms with Crippen molar-refractivity contribution in [3.63, 3.8) is 0 Å². The number of thiocarbonyl (C=S) groups is 1. The number of hydrogen-bond acceptors (Lipinski definition) is 5. The largest absolute Gasteiger partial charge is 0.373 e. The standard InChI is InChI=1S/C20H23N3OS/c1-2-3-4-15-5-10-19(24-13-15)16-6-8-17(9-7-16)20-21-11-18(12-22-20)23-14-25/h6-9,11-12,15,19H,2-5,10,13H2,1H3/t15?,19-/m0/s1. The van der Waals surface area contributed by atoms with Gasteiger partial charge in [-0.2, -0.15) is 4.99 Å². The Balaban J connectivity index is 1.61. The van der Waals surface area contributed by atoms with Gasteiger partial charge < -0.3 is 4.74 Å². The topological polar surface area (TPSA) is 47.4 Å². The van der Waals surface area contributed by atoms with Gasteiger partial charge in [-0.25, -0.2) is 9.97 Å². The van der Waals surface area contributed by atoms with E-state index in [9.17, 15) is 0 Å². The Bertz CT molecular complexity index is 716. The van der Waals surface area contributed by atoms with Gasteiger partial charge in [-0.05, 0) is 43.0 Å². The van der Waals surface area contributed by atoms with Gasteiger partial charge in [0.25, 0.3) is 0 Å². The van der Waals surface area contributed by atoms with E-state index in [1.807, 2.05) is 0 Å². The molecule has 3 rings (SSSR count). The van der Waals surface area contributed by atoms with Gasteiger partial charge >= 0.3 is 0 Å². The fraction of sp³-hybridized carbons (Fsp3) is 0.450. The first-order valence-corrected chi connectivity index (χ1v) is 9.33. The van der Waals surface area contributed by atoms with Crippen LogP contribution in [-0.2, 0) is 4.74 Å². The minimum atomic E-state index is 0.215. The van der Waals surface area contributed by atoms with Crippen molar-refractivity contribution in [2.45, 2.75) is 45.1 Å². The molecule has 0 N–H and O–H groups in total. The number of ether oxygens (including phenoxy) is 1. The van der Waals surface area contributed by atoms with E-state index < -0.39 is 0 Å². The third-order valence-corrected chi connectivity index (χ3v) is 4.78. The van der Waals surface area contributed by atoms with E-state index in [-0.39, 0.29) is 6.10 Å². The van der Waals surface area contributed by atoms with Crippen LogP contribution in [0.15, 0.2) is 41.7 Å². The summed E-state index contributed by atoms with van der Waals surface area (Å²) in [6.45, 7) is 3.13. The van der Waals surface area contributed by atoms with Crippen LogP contribution < -0.4 is 0 Å². The molecule has 130 valence electrons. The number of isothiocyanates is 1. The van der Waals surface area contributed by atoms with Gasteiger partial charge in [0.05, 0.1) is 30.3 Å². The molecule has 0 aliphatic carbocycles. The van der Waals surface area contributed by atoms with Gasteiger partial charge in [-0.15, -0.1) is 0 Å². The molecule has 0 spiro atoms. The third-order valence-electron chi connectivity index (χ3n) is 4.69. The van der Waals surface area contributed by atoms with E-state index in [1.54, 1.807) is 12.4 Å². The molecule has 1 aliphatic heterocycles. The van der Waals surface area contributed by atoms with Crippen LogP contribution in [0.5, 0.6) is 0 Å². The van der Waals surface area contributed by atoms with Gasteiger partial charge in [-0.1, -0.05) is 44.0 Å². The van der Waals surface area contributed by atoms with Crippen LogP contribution in [0.1, 0.15) is 50.7 Å². The number of hydrogen-bond donors (Lipinski definition) is 0. The number of nitrogens with zero attached hydrogens (tertiary/aromatic N) is 3. The summed E-state index contributed by atoms with van der Waals surface area (Å²) in [5.41, 5.74) is 2.83. The fourth-order valence-corrected chi connectivity index (χ4v) is 3.32. The monoisotopic (exact) mass is 353 g/mol. The molecule has 2 aromatic rings. The number of aromatic nitrogens is 2. The molecule has 0 saturated carbocycles. The van der Waals surface area contributed by atoms with E-state index in [0.717, 1.165) is 24.5 Å². The summed E-state index contributed by atoms with van der Waals surface area (Å²) in [6.07, 6.45) is 9.75. The SMILES string of the molecule is CCCCC1CC[C@@H](c2ccc(-c3ncc(N=C=S)cn3)cc2)OC1. The normalized spacial score (nSPS) is 20.0. The summed E-state index contributed by atoms with van der Waals surface area (Å²) in [6, 6.07) is 8.36. The van der Waals surface area contributed by atoms with E-state index in [2.05, 4.69) is 63.5 Å². The second kappa shape index (κ2) is 8.95. The lowest BCUT2D eigenvalue weighted by atomic mass is 9.91. The molecule has 25 heavy (non-hydrogen) atoms. The third kappa shape index (κ3) is 4.79. The number of aliphatic imine (C=N–C) groups is 1. The molecule has 1 aliphatic rings. The zero-order valence-electron chi connectivity index (χ0n) is 14.5. The Morgan fingerprint density at radius 3 is 2.56 bits per heavy atom. The highest BCUT2D eigenvalue weighted by Gasteiger charge is 2.22. The highest BCUT2D eigenvalue weighted by Crippen LogP contribution is 2.33. The minimum absolute atomic E-state index is 0.215. The van der Waals surface area contributed by atoms with Crippen molar-refractivity contribution in [1.29, 1.82) is 0 Å². The first-order chi connectivity index (χ1) is 12.3. The zero-order valence-corrected chi connectivity index (χ0v) is 15.3. The summed E-state index contributed by atoms with van der Waals surface area (Å²) >= 11 is 4.58. The smallest absolute Gasteiger partial charge is 0.159 e. The molecule has 5 heteroatoms. The molecular weight excluding hydrogens is 330 g/mol. The summed E-state index contributed by atoms with van der Waals surface area (Å²) in [5.74, 6) is 1.41. The lowest BCUT2D eigenvalue weighted by Crippen LogP contribution is -2.20. The predicted molar refractivity (Wildman–Crippen MR) is 103 cm³/mol. The van der Waals surface area contributed by atoms with Crippen molar-refractivity contribution in [2.75, 3.05) is 6.61 Å². The van der Waals surface area contributed by atoms with Gasteiger partial charge in [-0.3, -0.25) is 0 Å². The van der Waals surface area contributed by atoms with Crippen LogP contribution in [0.2, 0.25) is 0 Å². The van der Waals surface area contributed by atoms with Gasteiger partial charge in [0.1, 0.15) is 5.69 Å². The highest BCUT2D eigenvalue weighted by atomic mass is 32.1. The Kier molecular flexibility index (Phi) is 6.40. The Morgan fingerprint density at radius 2 is 1.96 bits per heavy atom. The summed E-state index contributed by atoms with van der Waals surface area (Å²) < 4.78 is 6.10. The summed E-state index contributed by atoms with van der Waals surface area (Å²) in [4.78, 5) is 12.5. The lowest BCUT2D eigenvalue weighted by Gasteiger charge is -2.29. The van der Waals surface area contributed by atoms with Crippen LogP contribution in [0.25, 0.3) is 11.4 Å². The molecule has 1 saturated heterocycles. The molecule has 2 heterocycles. The second-order valence-electron chi connectivity index (χ2n) is 6.50. The minimum Gasteiger partial charge on any atom is -0.373 e. The van der Waals surface area contributed by atoms with Gasteiger partial charge in [0.2, 0.25) is 0 Å². The van der Waals surface area contributed by atoms with Crippen LogP contribution >= 0.6 is 12.2 Å². The average Bonchev–Trinajstić information content (AvgIpc) is 2.68. The maximum Gasteiger partial charge on any atom is 0.159 e. The molecule has 0 amide bonds. The molecule has 1 unspecified atom stereocenters. The molecule has 1 aromatic carbocycles. The summed E-state index contributed by atoms with van der Waals surface area (Å²) in [5, 5.41) is 2.32. The average molecular weight is 353 g/mol. The van der Waals surface area contributed by atoms with Crippen LogP contribution in [0, 0.1) is 5.92 Å². The summed E-state index contributed by atoms with van der Waals surface area (Å²) in [7, 11) is 0. The zero-order chi connectivity index (χ0) is 17.5. The van der Waals surface area contributed by atoms with Crippen molar-refractivity contribution in [2.24, 2.45) is 10.9 Å². The van der Waals surface area contributed by atoms with E-state index in [4.69, 9.17) is 4.74 Å². The van der Waals surface area contributed by atoms with Crippen molar-refractivity contribution < 1.29 is 4.74 Å². The number of benzene rings is 1. The van der Waals surface area contributed by atoms with Gasteiger partial charge in [0.15, 0.2) is 5.82 Å². The van der Waals surface area contributed by atoms with Crippen LogP contribution in [0.4, 0.5) is 5.69 Å². The Morgan fingerprint density at radius 1 is 1.20 bits per heavy atom. The maximum atomic E-state index is 6.10. The molecule has 0 radical (unpaired) electrons. The Hall–Kier alpha value is -1.94. The lowest BCUT2D eigenvalue weighted by molar-refractivity contribution is -0.0197. The molecule has 2 atom stereocenters. The Labute approximate surface area is 154 Å². The van der Waals surface area contributed by atoms with Crippen molar-refractivity contribution in [1.82, 2.24) is 9.97 Å². The van der Waals surface area contributed by atoms with E-state index in [0.29, 0.717) is 11.5 Å². The first-order valence-electron chi connectivity index (χ1n) is 8.92. The highest BCUT2D eigenvalue weighted by molar-refractivity contribution is 7.78. The van der Waals surface area contributed by atoms with Crippen molar-refractivity contribution >= 4 is 23.1 Å². The quantitative estimate of drug-likeness (QED) is 0.505. The van der Waals surface area contributed by atoms with E-state index in [1.165, 1.54) is 31.2 Å².